The van der Waals surface area contributed by atoms with Gasteiger partial charge in [0.05, 0.1) is 12.3 Å². The Balaban J connectivity index is 1.73. The number of benzene rings is 2. The minimum Gasteiger partial charge on any atom is -0.494 e. The van der Waals surface area contributed by atoms with E-state index in [4.69, 9.17) is 9.57 Å². The summed E-state index contributed by atoms with van der Waals surface area (Å²) in [6.07, 6.45) is 4.07. The van der Waals surface area contributed by atoms with Crippen molar-refractivity contribution in [2.75, 3.05) is 13.7 Å². The molecule has 0 heterocycles. The molecule has 0 saturated carbocycles. The van der Waals surface area contributed by atoms with Crippen molar-refractivity contribution in [1.82, 2.24) is 0 Å². The molecule has 1 atom stereocenters. The van der Waals surface area contributed by atoms with Crippen LogP contribution in [0.2, 0.25) is 0 Å². The van der Waals surface area contributed by atoms with Gasteiger partial charge in [0.25, 0.3) is 0 Å². The van der Waals surface area contributed by atoms with E-state index in [0.29, 0.717) is 5.92 Å². The molecule has 1 aliphatic carbocycles. The lowest BCUT2D eigenvalue weighted by Crippen LogP contribution is -2.10. The van der Waals surface area contributed by atoms with Gasteiger partial charge in [-0.15, -0.1) is 0 Å². The third-order valence-electron chi connectivity index (χ3n) is 4.54. The van der Waals surface area contributed by atoms with Gasteiger partial charge >= 0.3 is 0 Å². The summed E-state index contributed by atoms with van der Waals surface area (Å²) in [6.45, 7) is 2.96. The third-order valence-corrected chi connectivity index (χ3v) is 4.54. The first-order chi connectivity index (χ1) is 11.8. The van der Waals surface area contributed by atoms with Crippen LogP contribution in [0, 0.1) is 0 Å². The predicted octanol–water partition coefficient (Wildman–Crippen LogP) is 4.75. The van der Waals surface area contributed by atoms with Crippen LogP contribution in [0.4, 0.5) is 0 Å². The number of unbranched alkanes of at least 4 members (excludes halogenated alkanes) is 1. The summed E-state index contributed by atoms with van der Waals surface area (Å²) in [5.41, 5.74) is 5.14. The molecule has 126 valence electrons. The first-order valence-corrected chi connectivity index (χ1v) is 8.71. The molecule has 2 aromatic carbocycles. The SMILES string of the molecule is CCCCOc1ccc(CC2/C(=N\OC)Cc3ccccc32)cc1. The lowest BCUT2D eigenvalue weighted by atomic mass is 9.92. The molecule has 3 rings (SSSR count). The Bertz CT molecular complexity index is 691. The standard InChI is InChI=1S/C21H25NO2/c1-3-4-13-24-18-11-9-16(10-12-18)14-20-19-8-6-5-7-17(19)15-21(20)22-23-2/h5-12,20H,3-4,13-15H2,1-2H3/b22-21-. The topological polar surface area (TPSA) is 30.8 Å². The van der Waals surface area contributed by atoms with Crippen LogP contribution in [-0.4, -0.2) is 19.4 Å². The summed E-state index contributed by atoms with van der Waals surface area (Å²) in [5.74, 6) is 1.25. The van der Waals surface area contributed by atoms with Crippen molar-refractivity contribution in [3.63, 3.8) is 0 Å². The average molecular weight is 323 g/mol. The zero-order valence-electron chi connectivity index (χ0n) is 14.5. The third kappa shape index (κ3) is 3.78. The van der Waals surface area contributed by atoms with Crippen LogP contribution in [0.1, 0.15) is 42.4 Å². The van der Waals surface area contributed by atoms with Crippen LogP contribution in [0.15, 0.2) is 53.7 Å². The summed E-state index contributed by atoms with van der Waals surface area (Å²) in [5, 5.41) is 4.28. The fraction of sp³-hybridized carbons (Fsp3) is 0.381. The summed E-state index contributed by atoms with van der Waals surface area (Å²) in [6, 6.07) is 17.0. The molecule has 3 nitrogen and oxygen atoms in total. The average Bonchev–Trinajstić information content (AvgIpc) is 2.95. The highest BCUT2D eigenvalue weighted by atomic mass is 16.6. The molecule has 0 N–H and O–H groups in total. The fourth-order valence-corrected chi connectivity index (χ4v) is 3.27. The highest BCUT2D eigenvalue weighted by Gasteiger charge is 2.29. The van der Waals surface area contributed by atoms with Crippen LogP contribution in [0.5, 0.6) is 5.75 Å². The van der Waals surface area contributed by atoms with Gasteiger partial charge in [-0.25, -0.2) is 0 Å². The van der Waals surface area contributed by atoms with Gasteiger partial charge in [0.2, 0.25) is 0 Å². The van der Waals surface area contributed by atoms with E-state index in [9.17, 15) is 0 Å². The summed E-state index contributed by atoms with van der Waals surface area (Å²) in [7, 11) is 1.62. The number of fused-ring (bicyclic) bond motifs is 1. The quantitative estimate of drug-likeness (QED) is 0.544. The van der Waals surface area contributed by atoms with Gasteiger partial charge in [-0.2, -0.15) is 0 Å². The minimum atomic E-state index is 0.299. The second-order valence-electron chi connectivity index (χ2n) is 6.24. The second-order valence-corrected chi connectivity index (χ2v) is 6.24. The smallest absolute Gasteiger partial charge is 0.119 e. The Morgan fingerprint density at radius 3 is 2.62 bits per heavy atom. The maximum absolute atomic E-state index is 5.74. The summed E-state index contributed by atoms with van der Waals surface area (Å²) >= 11 is 0. The molecule has 0 aliphatic heterocycles. The van der Waals surface area contributed by atoms with Crippen molar-refractivity contribution in [1.29, 1.82) is 0 Å². The molecular formula is C21H25NO2. The summed E-state index contributed by atoms with van der Waals surface area (Å²) in [4.78, 5) is 5.07. The molecule has 24 heavy (non-hydrogen) atoms. The first kappa shape index (κ1) is 16.6. The van der Waals surface area contributed by atoms with Gasteiger partial charge in [0.15, 0.2) is 0 Å². The lowest BCUT2D eigenvalue weighted by Gasteiger charge is -2.13. The molecule has 0 amide bonds. The van der Waals surface area contributed by atoms with Gasteiger partial charge in [-0.1, -0.05) is 54.9 Å². The molecular weight excluding hydrogens is 298 g/mol. The van der Waals surface area contributed by atoms with Gasteiger partial charge < -0.3 is 9.57 Å². The predicted molar refractivity (Wildman–Crippen MR) is 97.9 cm³/mol. The van der Waals surface area contributed by atoms with E-state index < -0.39 is 0 Å². The molecule has 0 radical (unpaired) electrons. The van der Waals surface area contributed by atoms with Crippen molar-refractivity contribution in [2.24, 2.45) is 5.16 Å². The van der Waals surface area contributed by atoms with Crippen LogP contribution < -0.4 is 4.74 Å². The largest absolute Gasteiger partial charge is 0.494 e. The normalized spacial score (nSPS) is 17.8. The van der Waals surface area contributed by atoms with E-state index in [1.165, 1.54) is 16.7 Å². The van der Waals surface area contributed by atoms with Crippen molar-refractivity contribution in [3.8, 4) is 5.75 Å². The van der Waals surface area contributed by atoms with Crippen LogP contribution >= 0.6 is 0 Å². The highest BCUT2D eigenvalue weighted by Crippen LogP contribution is 2.34. The number of hydrogen-bond donors (Lipinski definition) is 0. The van der Waals surface area contributed by atoms with E-state index in [-0.39, 0.29) is 0 Å². The van der Waals surface area contributed by atoms with E-state index in [0.717, 1.165) is 43.8 Å². The molecule has 0 spiro atoms. The fourth-order valence-electron chi connectivity index (χ4n) is 3.27. The van der Waals surface area contributed by atoms with Gasteiger partial charge in [0, 0.05) is 12.3 Å². The zero-order valence-corrected chi connectivity index (χ0v) is 14.5. The Hall–Kier alpha value is -2.29. The first-order valence-electron chi connectivity index (χ1n) is 8.71. The highest BCUT2D eigenvalue weighted by molar-refractivity contribution is 5.96. The number of nitrogens with zero attached hydrogens (tertiary/aromatic N) is 1. The van der Waals surface area contributed by atoms with E-state index in [2.05, 4.69) is 60.6 Å². The molecule has 0 fully saturated rings. The zero-order chi connectivity index (χ0) is 16.8. The second kappa shape index (κ2) is 8.00. The van der Waals surface area contributed by atoms with Crippen molar-refractivity contribution in [3.05, 3.63) is 65.2 Å². The lowest BCUT2D eigenvalue weighted by molar-refractivity contribution is 0.211. The Morgan fingerprint density at radius 2 is 1.88 bits per heavy atom. The van der Waals surface area contributed by atoms with Crippen molar-refractivity contribution < 1.29 is 9.57 Å². The molecule has 1 unspecified atom stereocenters. The monoisotopic (exact) mass is 323 g/mol. The van der Waals surface area contributed by atoms with E-state index >= 15 is 0 Å². The Morgan fingerprint density at radius 1 is 1.08 bits per heavy atom. The molecule has 0 aromatic heterocycles. The van der Waals surface area contributed by atoms with Crippen LogP contribution in [-0.2, 0) is 17.7 Å². The molecule has 3 heteroatoms. The Labute approximate surface area is 144 Å². The number of ether oxygens (including phenoxy) is 1. The van der Waals surface area contributed by atoms with Gasteiger partial charge in [0.1, 0.15) is 12.9 Å². The number of rotatable bonds is 7. The van der Waals surface area contributed by atoms with Crippen LogP contribution in [0.25, 0.3) is 0 Å². The van der Waals surface area contributed by atoms with Gasteiger partial charge in [-0.3, -0.25) is 0 Å². The van der Waals surface area contributed by atoms with Crippen molar-refractivity contribution in [2.45, 2.75) is 38.5 Å². The van der Waals surface area contributed by atoms with Crippen LogP contribution in [0.3, 0.4) is 0 Å². The number of oxime groups is 1. The van der Waals surface area contributed by atoms with E-state index in [1.54, 1.807) is 7.11 Å². The van der Waals surface area contributed by atoms with Crippen molar-refractivity contribution >= 4 is 5.71 Å². The van der Waals surface area contributed by atoms with Gasteiger partial charge in [-0.05, 0) is 41.7 Å². The minimum absolute atomic E-state index is 0.299. The maximum atomic E-state index is 5.74. The molecule has 0 saturated heterocycles. The molecule has 0 bridgehead atoms. The van der Waals surface area contributed by atoms with E-state index in [1.807, 2.05) is 0 Å². The molecule has 1 aliphatic rings. The Kier molecular flexibility index (Phi) is 5.52. The summed E-state index contributed by atoms with van der Waals surface area (Å²) < 4.78 is 5.74. The maximum Gasteiger partial charge on any atom is 0.119 e. The number of hydrogen-bond acceptors (Lipinski definition) is 3. The molecule has 2 aromatic rings.